The van der Waals surface area contributed by atoms with E-state index in [1.165, 1.54) is 0 Å². The summed E-state index contributed by atoms with van der Waals surface area (Å²) in [6, 6.07) is 9.90. The third-order valence-electron chi connectivity index (χ3n) is 3.60. The molecule has 1 atom stereocenters. The number of amides is 1. The molecule has 3 nitrogen and oxygen atoms in total. The number of carbonyl (C=O) groups excluding carboxylic acids is 1. The van der Waals surface area contributed by atoms with Gasteiger partial charge in [0.15, 0.2) is 0 Å². The van der Waals surface area contributed by atoms with Crippen LogP contribution in [0.1, 0.15) is 44.7 Å². The second-order valence-electron chi connectivity index (χ2n) is 5.25. The van der Waals surface area contributed by atoms with Crippen LogP contribution in [0.5, 0.6) is 0 Å². The standard InChI is InChI=1S/C17H15F2IN2OS/c1-10-21-14(16(18)19)15(24-10)17(23)22-13-9-20-8-7-12(13)11-5-3-2-4-6-11/h2-6,8-9,12,16H,7H2,1H3,(H,22,23). The van der Waals surface area contributed by atoms with Gasteiger partial charge in [0.2, 0.25) is 0 Å². The third kappa shape index (κ3) is 3.77. The summed E-state index contributed by atoms with van der Waals surface area (Å²) in [6.45, 7) is 1.63. The quantitative estimate of drug-likeness (QED) is 0.659. The lowest BCUT2D eigenvalue weighted by atomic mass is 9.93. The first kappa shape index (κ1) is 17.3. The van der Waals surface area contributed by atoms with Crippen molar-refractivity contribution in [2.45, 2.75) is 25.7 Å². The van der Waals surface area contributed by atoms with Gasteiger partial charge in [-0.25, -0.2) is 13.8 Å². The topological polar surface area (TPSA) is 42.0 Å². The maximum Gasteiger partial charge on any atom is 0.282 e. The van der Waals surface area contributed by atoms with Crippen molar-refractivity contribution in [1.82, 2.24) is 10.3 Å². The van der Waals surface area contributed by atoms with Gasteiger partial charge in [0.1, 0.15) is 10.6 Å². The third-order valence-corrected chi connectivity index (χ3v) is 6.64. The molecule has 0 spiro atoms. The average Bonchev–Trinajstić information content (AvgIpc) is 2.98. The fraction of sp³-hybridized carbons (Fsp3) is 0.235. The second-order valence-corrected chi connectivity index (χ2v) is 8.67. The van der Waals surface area contributed by atoms with Crippen LogP contribution in [0.15, 0.2) is 40.1 Å². The van der Waals surface area contributed by atoms with E-state index >= 15 is 0 Å². The van der Waals surface area contributed by atoms with Gasteiger partial charge in [-0.15, -0.1) is 11.3 Å². The molecule has 126 valence electrons. The van der Waals surface area contributed by atoms with Crippen molar-refractivity contribution < 1.29 is 13.6 Å². The van der Waals surface area contributed by atoms with E-state index in [4.69, 9.17) is 0 Å². The van der Waals surface area contributed by atoms with E-state index in [1.807, 2.05) is 34.4 Å². The van der Waals surface area contributed by atoms with Crippen molar-refractivity contribution in [3.8, 4) is 0 Å². The number of carbonyl (C=O) groups is 1. The van der Waals surface area contributed by atoms with E-state index in [0.717, 1.165) is 29.0 Å². The van der Waals surface area contributed by atoms with Crippen LogP contribution >= 0.6 is 32.1 Å². The Balaban J connectivity index is 1.85. The highest BCUT2D eigenvalue weighted by Crippen LogP contribution is 2.33. The Morgan fingerprint density at radius 1 is 1.38 bits per heavy atom. The molecule has 7 heteroatoms. The number of hydrogen-bond acceptors (Lipinski definition) is 3. The van der Waals surface area contributed by atoms with E-state index in [-0.39, 0.29) is 31.5 Å². The van der Waals surface area contributed by atoms with Crippen molar-refractivity contribution in [2.75, 3.05) is 0 Å². The number of hydrogen-bond donors (Lipinski definition) is 1. The van der Waals surface area contributed by atoms with Crippen molar-refractivity contribution in [3.05, 3.63) is 61.3 Å². The predicted octanol–water partition coefficient (Wildman–Crippen LogP) is 4.92. The minimum Gasteiger partial charge on any atom is -0.324 e. The van der Waals surface area contributed by atoms with Crippen molar-refractivity contribution in [3.63, 3.8) is 0 Å². The number of benzene rings is 1. The first-order valence-electron chi connectivity index (χ1n) is 7.31. The van der Waals surface area contributed by atoms with Crippen molar-refractivity contribution >= 4 is 42.0 Å². The fourth-order valence-corrected chi connectivity index (χ4v) is 5.37. The lowest BCUT2D eigenvalue weighted by molar-refractivity contribution is 0.0953. The minimum atomic E-state index is -2.75. The first-order valence-corrected chi connectivity index (χ1v) is 10.6. The Labute approximate surface area is 152 Å². The molecule has 1 N–H and O–H groups in total. The number of thiazole rings is 1. The Kier molecular flexibility index (Phi) is 5.50. The Bertz CT molecular complexity index is 802. The maximum atomic E-state index is 13.1. The summed E-state index contributed by atoms with van der Waals surface area (Å²) in [7, 11) is 0. The van der Waals surface area contributed by atoms with Gasteiger partial charge in [-0.05, 0) is 27.0 Å². The molecular weight excluding hydrogens is 445 g/mol. The SMILES string of the molecule is Cc1nc(C(F)F)c(C(=O)NC2=CI=CCC2c2ccccc2)s1. The summed E-state index contributed by atoms with van der Waals surface area (Å²) >= 11 is 0.783. The Hall–Kier alpha value is -1.48. The molecule has 2 aromatic rings. The smallest absolute Gasteiger partial charge is 0.282 e. The lowest BCUT2D eigenvalue weighted by Crippen LogP contribution is -2.27. The van der Waals surface area contributed by atoms with Gasteiger partial charge < -0.3 is 5.32 Å². The molecule has 1 aromatic carbocycles. The largest absolute Gasteiger partial charge is 0.324 e. The minimum absolute atomic E-state index is 0.00275. The van der Waals surface area contributed by atoms with Crippen LogP contribution in [-0.4, -0.2) is 14.9 Å². The first-order chi connectivity index (χ1) is 11.6. The predicted molar refractivity (Wildman–Crippen MR) is 101 cm³/mol. The van der Waals surface area contributed by atoms with Crippen LogP contribution in [0, 0.1) is 6.92 Å². The normalized spacial score (nSPS) is 17.3. The number of nitrogens with zero attached hydrogens (tertiary/aromatic N) is 1. The van der Waals surface area contributed by atoms with Gasteiger partial charge in [-0.2, -0.15) is 0 Å². The molecule has 3 rings (SSSR count). The number of aromatic nitrogens is 1. The number of aryl methyl sites for hydroxylation is 1. The van der Waals surface area contributed by atoms with Crippen LogP contribution in [0.2, 0.25) is 0 Å². The molecule has 2 heterocycles. The summed E-state index contributed by atoms with van der Waals surface area (Å²) in [6.07, 6.45) is -1.89. The summed E-state index contributed by atoms with van der Waals surface area (Å²) in [5.74, 6) is -0.429. The fourth-order valence-electron chi connectivity index (χ4n) is 2.51. The molecule has 0 saturated carbocycles. The van der Waals surface area contributed by atoms with Crippen LogP contribution in [0.25, 0.3) is 0 Å². The highest BCUT2D eigenvalue weighted by atomic mass is 127. The molecule has 1 aliphatic rings. The summed E-state index contributed by atoms with van der Waals surface area (Å²) in [5, 5.41) is 3.33. The summed E-state index contributed by atoms with van der Waals surface area (Å²) in [5.41, 5.74) is 1.50. The van der Waals surface area contributed by atoms with Crippen molar-refractivity contribution in [2.24, 2.45) is 0 Å². The number of halogens is 3. The maximum absolute atomic E-state index is 13.1. The zero-order valence-electron chi connectivity index (χ0n) is 12.8. The average molecular weight is 460 g/mol. The van der Waals surface area contributed by atoms with Crippen molar-refractivity contribution in [1.29, 1.82) is 0 Å². The number of allylic oxidation sites excluding steroid dienone is 1. The van der Waals surface area contributed by atoms with Gasteiger partial charge in [0, 0.05) is 11.6 Å². The molecule has 0 fully saturated rings. The zero-order chi connectivity index (χ0) is 17.1. The van der Waals surface area contributed by atoms with Gasteiger partial charge in [-0.1, -0.05) is 51.1 Å². The van der Waals surface area contributed by atoms with E-state index < -0.39 is 18.0 Å². The second kappa shape index (κ2) is 7.60. The van der Waals surface area contributed by atoms with Gasteiger partial charge >= 0.3 is 0 Å². The van der Waals surface area contributed by atoms with E-state index in [2.05, 4.69) is 14.3 Å². The molecule has 1 unspecified atom stereocenters. The van der Waals surface area contributed by atoms with E-state index in [0.29, 0.717) is 5.01 Å². The number of alkyl halides is 2. The highest BCUT2D eigenvalue weighted by molar-refractivity contribution is 14.2. The van der Waals surface area contributed by atoms with E-state index in [1.54, 1.807) is 6.92 Å². The zero-order valence-corrected chi connectivity index (χ0v) is 15.8. The van der Waals surface area contributed by atoms with E-state index in [9.17, 15) is 13.6 Å². The molecule has 0 bridgehead atoms. The molecule has 1 aromatic heterocycles. The molecule has 1 aliphatic heterocycles. The Morgan fingerprint density at radius 2 is 2.12 bits per heavy atom. The number of rotatable bonds is 4. The van der Waals surface area contributed by atoms with Crippen LogP contribution < -0.4 is 5.32 Å². The van der Waals surface area contributed by atoms with Gasteiger partial charge in [-0.3, -0.25) is 4.79 Å². The molecule has 1 amide bonds. The Morgan fingerprint density at radius 3 is 2.83 bits per heavy atom. The monoisotopic (exact) mass is 460 g/mol. The van der Waals surface area contributed by atoms with Crippen LogP contribution in [0.3, 0.4) is 0 Å². The molecular formula is C17H15F2IN2OS. The van der Waals surface area contributed by atoms with Crippen LogP contribution in [0.4, 0.5) is 8.78 Å². The van der Waals surface area contributed by atoms with Gasteiger partial charge in [0.25, 0.3) is 12.3 Å². The molecule has 0 aliphatic carbocycles. The molecule has 0 radical (unpaired) electrons. The number of nitrogens with one attached hydrogen (secondary N) is 1. The molecule has 24 heavy (non-hydrogen) atoms. The molecule has 0 saturated heterocycles. The van der Waals surface area contributed by atoms with Gasteiger partial charge in [0.05, 0.1) is 5.01 Å². The summed E-state index contributed by atoms with van der Waals surface area (Å²) in [4.78, 5) is 16.3. The summed E-state index contributed by atoms with van der Waals surface area (Å²) < 4.78 is 30.4. The van der Waals surface area contributed by atoms with Crippen LogP contribution in [-0.2, 0) is 0 Å². The highest BCUT2D eigenvalue weighted by Gasteiger charge is 2.26. The lowest BCUT2D eigenvalue weighted by Gasteiger charge is -2.22.